The van der Waals surface area contributed by atoms with E-state index in [2.05, 4.69) is 39.0 Å². The fraction of sp³-hybridized carbons (Fsp3) is 0.250. The van der Waals surface area contributed by atoms with E-state index < -0.39 is 18.2 Å². The quantitative estimate of drug-likeness (QED) is 0.193. The molecule has 4 aromatic rings. The summed E-state index contributed by atoms with van der Waals surface area (Å²) in [6, 6.07) is 16.5. The molecule has 0 unspecified atom stereocenters. The maximum Gasteiger partial charge on any atom is 0.573 e. The van der Waals surface area contributed by atoms with Crippen LogP contribution in [0.4, 0.5) is 28.0 Å². The van der Waals surface area contributed by atoms with E-state index in [-0.39, 0.29) is 17.2 Å². The molecule has 2 heterocycles. The summed E-state index contributed by atoms with van der Waals surface area (Å²) in [4.78, 5) is 23.2. The number of aliphatic imine (C=N–C) groups is 1. The number of ether oxygens (including phenoxy) is 2. The number of thioether (sulfide) groups is 1. The van der Waals surface area contributed by atoms with Crippen LogP contribution < -0.4 is 19.7 Å². The standard InChI is InChI=1S/C32H30F4N6O3S/c1-20(2)26-17-25(44-3)13-14-28(26)41-15-4-16-46-31(41)39-30(43)37-18-27(33)21-5-7-22(8-6-21)29-38-19-42(40-29)23-9-11-24(12-10-23)45-32(34,35)36/h5-14,17-20H,4,15-16H2,1-3H3,(H,37,43)/b27-18-,39-31?. The van der Waals surface area contributed by atoms with Gasteiger partial charge in [0.15, 0.2) is 11.0 Å². The molecule has 0 bridgehead atoms. The van der Waals surface area contributed by atoms with E-state index in [0.29, 0.717) is 28.8 Å². The number of alkyl halides is 3. The smallest absolute Gasteiger partial charge is 0.497 e. The highest BCUT2D eigenvalue weighted by molar-refractivity contribution is 8.14. The Labute approximate surface area is 266 Å². The normalized spacial score (nSPS) is 14.9. The van der Waals surface area contributed by atoms with E-state index in [4.69, 9.17) is 4.74 Å². The highest BCUT2D eigenvalue weighted by Crippen LogP contribution is 2.35. The van der Waals surface area contributed by atoms with Crippen molar-refractivity contribution in [1.82, 2.24) is 20.1 Å². The maximum atomic E-state index is 15.0. The molecule has 0 spiro atoms. The number of carbonyl (C=O) groups excluding carboxylic acids is 1. The van der Waals surface area contributed by atoms with Crippen molar-refractivity contribution in [3.63, 3.8) is 0 Å². The Bertz CT molecular complexity index is 1740. The topological polar surface area (TPSA) is 93.9 Å². The number of nitrogens with zero attached hydrogens (tertiary/aromatic N) is 5. The third kappa shape index (κ3) is 8.05. The maximum absolute atomic E-state index is 15.0. The van der Waals surface area contributed by atoms with Crippen LogP contribution in [0.1, 0.15) is 37.3 Å². The summed E-state index contributed by atoms with van der Waals surface area (Å²) < 4.78 is 62.9. The molecule has 1 fully saturated rings. The first kappa shape index (κ1) is 32.5. The first-order valence-corrected chi connectivity index (χ1v) is 15.2. The lowest BCUT2D eigenvalue weighted by Crippen LogP contribution is -2.36. The van der Waals surface area contributed by atoms with Gasteiger partial charge in [-0.3, -0.25) is 0 Å². The number of halogens is 4. The van der Waals surface area contributed by atoms with E-state index in [1.54, 1.807) is 19.2 Å². The number of amides is 2. The van der Waals surface area contributed by atoms with E-state index in [0.717, 1.165) is 35.4 Å². The predicted octanol–water partition coefficient (Wildman–Crippen LogP) is 7.94. The Kier molecular flexibility index (Phi) is 9.95. The molecule has 1 aliphatic heterocycles. The predicted molar refractivity (Wildman–Crippen MR) is 170 cm³/mol. The lowest BCUT2D eigenvalue weighted by molar-refractivity contribution is -0.274. The van der Waals surface area contributed by atoms with Crippen molar-refractivity contribution < 1.29 is 31.8 Å². The van der Waals surface area contributed by atoms with Crippen molar-refractivity contribution >= 4 is 34.5 Å². The zero-order chi connectivity index (χ0) is 32.8. The summed E-state index contributed by atoms with van der Waals surface area (Å²) in [5.41, 5.74) is 3.28. The molecule has 14 heteroatoms. The van der Waals surface area contributed by atoms with Crippen LogP contribution in [0.2, 0.25) is 0 Å². The van der Waals surface area contributed by atoms with Crippen molar-refractivity contribution in [3.05, 3.63) is 90.4 Å². The molecule has 46 heavy (non-hydrogen) atoms. The van der Waals surface area contributed by atoms with Gasteiger partial charge in [0.1, 0.15) is 23.7 Å². The van der Waals surface area contributed by atoms with Gasteiger partial charge in [-0.25, -0.2) is 18.9 Å². The molecular weight excluding hydrogens is 624 g/mol. The van der Waals surface area contributed by atoms with E-state index in [9.17, 15) is 22.4 Å². The molecule has 0 radical (unpaired) electrons. The number of hydrogen-bond donors (Lipinski definition) is 1. The second-order valence-electron chi connectivity index (χ2n) is 10.4. The third-order valence-electron chi connectivity index (χ3n) is 6.90. The van der Waals surface area contributed by atoms with Gasteiger partial charge in [-0.05, 0) is 60.4 Å². The van der Waals surface area contributed by atoms with Crippen LogP contribution in [0.5, 0.6) is 11.5 Å². The van der Waals surface area contributed by atoms with Crippen molar-refractivity contribution in [2.75, 3.05) is 24.3 Å². The van der Waals surface area contributed by atoms with Gasteiger partial charge in [0.05, 0.1) is 12.8 Å². The number of carbonyl (C=O) groups is 1. The van der Waals surface area contributed by atoms with Crippen LogP contribution in [-0.2, 0) is 0 Å². The van der Waals surface area contributed by atoms with Crippen LogP contribution in [-0.4, -0.2) is 51.7 Å². The zero-order valence-electron chi connectivity index (χ0n) is 25.1. The number of nitrogens with one attached hydrogen (secondary N) is 1. The Hall–Kier alpha value is -4.85. The lowest BCUT2D eigenvalue weighted by Gasteiger charge is -2.32. The van der Waals surface area contributed by atoms with Crippen LogP contribution in [0.25, 0.3) is 22.9 Å². The average molecular weight is 655 g/mol. The summed E-state index contributed by atoms with van der Waals surface area (Å²) in [6.07, 6.45) is -1.49. The molecule has 0 atom stereocenters. The molecule has 1 saturated heterocycles. The molecule has 1 aromatic heterocycles. The third-order valence-corrected chi connectivity index (χ3v) is 7.96. The lowest BCUT2D eigenvalue weighted by atomic mass is 10.00. The van der Waals surface area contributed by atoms with Crippen molar-refractivity contribution in [2.24, 2.45) is 4.99 Å². The Balaban J connectivity index is 1.24. The molecular formula is C32H30F4N6O3S. The summed E-state index contributed by atoms with van der Waals surface area (Å²) in [5.74, 6) is 1.06. The molecule has 1 aliphatic rings. The molecule has 240 valence electrons. The molecule has 1 N–H and O–H groups in total. The highest BCUT2D eigenvalue weighted by Gasteiger charge is 2.31. The molecule has 0 saturated carbocycles. The minimum atomic E-state index is -4.78. The molecule has 2 amide bonds. The highest BCUT2D eigenvalue weighted by atomic mass is 32.2. The second kappa shape index (κ2) is 14.1. The first-order valence-electron chi connectivity index (χ1n) is 14.2. The molecule has 0 aliphatic carbocycles. The number of rotatable bonds is 8. The first-order chi connectivity index (χ1) is 22.0. The van der Waals surface area contributed by atoms with Crippen LogP contribution in [0.15, 0.2) is 84.2 Å². The number of methoxy groups -OCH3 is 1. The van der Waals surface area contributed by atoms with E-state index >= 15 is 0 Å². The molecule has 5 rings (SSSR count). The number of amidine groups is 1. The molecule has 9 nitrogen and oxygen atoms in total. The summed E-state index contributed by atoms with van der Waals surface area (Å²) in [6.45, 7) is 4.87. The van der Waals surface area contributed by atoms with Crippen molar-refractivity contribution in [2.45, 2.75) is 32.5 Å². The van der Waals surface area contributed by atoms with Gasteiger partial charge < -0.3 is 19.7 Å². The van der Waals surface area contributed by atoms with Gasteiger partial charge in [0, 0.05) is 35.3 Å². The number of aromatic nitrogens is 3. The fourth-order valence-electron chi connectivity index (χ4n) is 4.67. The van der Waals surface area contributed by atoms with Gasteiger partial charge in [-0.15, -0.1) is 18.3 Å². The molecule has 3 aromatic carbocycles. The minimum Gasteiger partial charge on any atom is -0.497 e. The largest absolute Gasteiger partial charge is 0.573 e. The average Bonchev–Trinajstić information content (AvgIpc) is 3.54. The van der Waals surface area contributed by atoms with E-state index in [1.165, 1.54) is 59.2 Å². The van der Waals surface area contributed by atoms with Crippen LogP contribution in [0, 0.1) is 0 Å². The van der Waals surface area contributed by atoms with Crippen molar-refractivity contribution in [1.29, 1.82) is 0 Å². The zero-order valence-corrected chi connectivity index (χ0v) is 25.9. The monoisotopic (exact) mass is 654 g/mol. The van der Waals surface area contributed by atoms with Gasteiger partial charge >= 0.3 is 12.4 Å². The van der Waals surface area contributed by atoms with Gasteiger partial charge in [0.25, 0.3) is 0 Å². The fourth-order valence-corrected chi connectivity index (χ4v) is 5.62. The summed E-state index contributed by atoms with van der Waals surface area (Å²) >= 11 is 1.47. The SMILES string of the molecule is COc1ccc(N2CCCSC2=NC(=O)N/C=C(\F)c2ccc(-c3ncn(-c4ccc(OC(F)(F)F)cc4)n3)cc2)c(C(C)C)c1. The Morgan fingerprint density at radius 3 is 2.46 bits per heavy atom. The van der Waals surface area contributed by atoms with Crippen molar-refractivity contribution in [3.8, 4) is 28.6 Å². The Morgan fingerprint density at radius 2 is 1.78 bits per heavy atom. The number of urea groups is 1. The summed E-state index contributed by atoms with van der Waals surface area (Å²) in [5, 5.41) is 7.30. The summed E-state index contributed by atoms with van der Waals surface area (Å²) in [7, 11) is 1.62. The Morgan fingerprint density at radius 1 is 1.07 bits per heavy atom. The minimum absolute atomic E-state index is 0.213. The van der Waals surface area contributed by atoms with Crippen LogP contribution >= 0.6 is 11.8 Å². The van der Waals surface area contributed by atoms with E-state index in [1.807, 2.05) is 23.1 Å². The van der Waals surface area contributed by atoms with Gasteiger partial charge in [-0.2, -0.15) is 4.99 Å². The number of anilines is 1. The van der Waals surface area contributed by atoms with Gasteiger partial charge in [-0.1, -0.05) is 49.9 Å². The number of benzene rings is 3. The van der Waals surface area contributed by atoms with Crippen LogP contribution in [0.3, 0.4) is 0 Å². The second-order valence-corrected chi connectivity index (χ2v) is 11.5. The van der Waals surface area contributed by atoms with Gasteiger partial charge in [0.2, 0.25) is 0 Å². The number of hydrogen-bond acceptors (Lipinski definition) is 6.